The molecule has 9 heteroatoms. The van der Waals surface area contributed by atoms with Gasteiger partial charge >= 0.3 is 12.0 Å². The Morgan fingerprint density at radius 3 is 1.94 bits per heavy atom. The number of nitrogens with zero attached hydrogens (tertiary/aromatic N) is 1. The molecular weight excluding hydrogens is 679 g/mol. The zero-order valence-electron chi connectivity index (χ0n) is 33.0. The number of hydrogen-bond donors (Lipinski definition) is 3. The maximum absolute atomic E-state index is 13.0. The quantitative estimate of drug-likeness (QED) is 0.0619. The summed E-state index contributed by atoms with van der Waals surface area (Å²) < 4.78 is 18.3. The summed E-state index contributed by atoms with van der Waals surface area (Å²) in [5.41, 5.74) is 4.28. The van der Waals surface area contributed by atoms with Crippen molar-refractivity contribution >= 4 is 17.7 Å². The van der Waals surface area contributed by atoms with Gasteiger partial charge in [-0.2, -0.15) is 0 Å². The van der Waals surface area contributed by atoms with Crippen molar-refractivity contribution in [2.75, 3.05) is 32.1 Å². The fourth-order valence-electron chi connectivity index (χ4n) is 7.08. The number of aliphatic hydroxyl groups excluding tert-OH is 1. The van der Waals surface area contributed by atoms with Gasteiger partial charge in [0.15, 0.2) is 6.29 Å². The van der Waals surface area contributed by atoms with E-state index in [0.29, 0.717) is 12.1 Å². The van der Waals surface area contributed by atoms with Crippen molar-refractivity contribution in [3.05, 3.63) is 101 Å². The summed E-state index contributed by atoms with van der Waals surface area (Å²) in [7, 11) is 1.32. The van der Waals surface area contributed by atoms with E-state index in [4.69, 9.17) is 14.2 Å². The van der Waals surface area contributed by atoms with Crippen molar-refractivity contribution in [2.24, 2.45) is 0 Å². The van der Waals surface area contributed by atoms with Crippen LogP contribution < -0.4 is 10.6 Å². The van der Waals surface area contributed by atoms with Gasteiger partial charge in [0.25, 0.3) is 0 Å². The molecule has 0 bridgehead atoms. The van der Waals surface area contributed by atoms with Crippen LogP contribution in [0.4, 0.5) is 10.5 Å². The third-order valence-electron chi connectivity index (χ3n) is 10.2. The lowest BCUT2D eigenvalue weighted by atomic mass is 9.99. The molecule has 1 saturated heterocycles. The minimum absolute atomic E-state index is 0.000786. The molecule has 0 aromatic heterocycles. The molecule has 0 radical (unpaired) electrons. The lowest BCUT2D eigenvalue weighted by Gasteiger charge is -2.38. The number of benzene rings is 3. The monoisotopic (exact) mass is 743 g/mol. The molecule has 1 aliphatic rings. The smallest absolute Gasteiger partial charge is 0.328 e. The second-order valence-corrected chi connectivity index (χ2v) is 14.7. The summed E-state index contributed by atoms with van der Waals surface area (Å²) in [5, 5.41) is 15.3. The molecular formula is C45H65N3O6. The Balaban J connectivity index is 1.43. The number of rotatable bonds is 24. The first-order valence-electron chi connectivity index (χ1n) is 20.4. The number of ether oxygens (including phenoxy) is 3. The van der Waals surface area contributed by atoms with E-state index in [1.807, 2.05) is 78.9 Å². The molecule has 3 N–H and O–H groups in total. The van der Waals surface area contributed by atoms with Crippen LogP contribution in [0.1, 0.15) is 132 Å². The number of nitrogens with one attached hydrogen (secondary N) is 2. The predicted octanol–water partition coefficient (Wildman–Crippen LogP) is 9.65. The fraction of sp³-hybridized carbons (Fsp3) is 0.556. The molecule has 1 heterocycles. The van der Waals surface area contributed by atoms with Crippen LogP contribution in [0, 0.1) is 0 Å². The highest BCUT2D eigenvalue weighted by Crippen LogP contribution is 2.38. The van der Waals surface area contributed by atoms with E-state index in [0.717, 1.165) is 48.3 Å². The number of methoxy groups -OCH3 is 1. The second kappa shape index (κ2) is 24.6. The van der Waals surface area contributed by atoms with Gasteiger partial charge in [-0.25, -0.2) is 9.59 Å². The summed E-state index contributed by atoms with van der Waals surface area (Å²) in [5.74, 6) is -0.511. The van der Waals surface area contributed by atoms with Gasteiger partial charge in [-0.3, -0.25) is 0 Å². The molecule has 1 fully saturated rings. The van der Waals surface area contributed by atoms with Crippen molar-refractivity contribution in [2.45, 2.75) is 135 Å². The topological polar surface area (TPSA) is 109 Å². The molecule has 54 heavy (non-hydrogen) atoms. The molecule has 2 amide bonds. The molecule has 3 aromatic carbocycles. The fourth-order valence-corrected chi connectivity index (χ4v) is 7.08. The van der Waals surface area contributed by atoms with Gasteiger partial charge in [0.05, 0.1) is 25.9 Å². The van der Waals surface area contributed by atoms with Crippen LogP contribution in [-0.4, -0.2) is 60.9 Å². The molecule has 4 rings (SSSR count). The SMILES string of the molecule is CCCCCCCCN(CCCCCCCC)C[C@@H]1C[C@H](c2ccc(CO)cc2)O[C@H](c2ccc(NC(=O)N[C@@H](Cc3ccccc3)C(=O)OC)cc2)O1. The van der Waals surface area contributed by atoms with Gasteiger partial charge in [-0.15, -0.1) is 0 Å². The third-order valence-corrected chi connectivity index (χ3v) is 10.2. The lowest BCUT2D eigenvalue weighted by Crippen LogP contribution is -2.45. The Kier molecular flexibility index (Phi) is 19.6. The van der Waals surface area contributed by atoms with Crippen LogP contribution >= 0.6 is 0 Å². The van der Waals surface area contributed by atoms with Crippen molar-refractivity contribution in [1.29, 1.82) is 0 Å². The zero-order chi connectivity index (χ0) is 38.4. The number of anilines is 1. The number of amides is 2. The van der Waals surface area contributed by atoms with Gasteiger partial charge in [-0.05, 0) is 54.8 Å². The first kappa shape index (κ1) is 43.0. The summed E-state index contributed by atoms with van der Waals surface area (Å²) >= 11 is 0. The summed E-state index contributed by atoms with van der Waals surface area (Å²) in [6.45, 7) is 7.53. The molecule has 4 atom stereocenters. The van der Waals surface area contributed by atoms with Crippen molar-refractivity contribution in [3.63, 3.8) is 0 Å². The van der Waals surface area contributed by atoms with Crippen LogP contribution in [0.2, 0.25) is 0 Å². The van der Waals surface area contributed by atoms with Gasteiger partial charge in [-0.1, -0.05) is 145 Å². The third kappa shape index (κ3) is 15.2. The van der Waals surface area contributed by atoms with E-state index in [9.17, 15) is 14.7 Å². The summed E-state index contributed by atoms with van der Waals surface area (Å²) in [4.78, 5) is 28.1. The Bertz CT molecular complexity index is 1450. The van der Waals surface area contributed by atoms with Gasteiger partial charge < -0.3 is 34.9 Å². The molecule has 0 saturated carbocycles. The molecule has 1 aliphatic heterocycles. The highest BCUT2D eigenvalue weighted by Gasteiger charge is 2.33. The lowest BCUT2D eigenvalue weighted by molar-refractivity contribution is -0.253. The minimum Gasteiger partial charge on any atom is -0.467 e. The van der Waals surface area contributed by atoms with Crippen LogP contribution in [-0.2, 0) is 32.0 Å². The van der Waals surface area contributed by atoms with Crippen molar-refractivity contribution < 1.29 is 28.9 Å². The highest BCUT2D eigenvalue weighted by molar-refractivity contribution is 5.92. The van der Waals surface area contributed by atoms with E-state index < -0.39 is 24.3 Å². The van der Waals surface area contributed by atoms with E-state index in [1.165, 1.54) is 84.2 Å². The Labute approximate surface area is 324 Å². The normalized spacial score (nSPS) is 17.6. The second-order valence-electron chi connectivity index (χ2n) is 14.7. The molecule has 9 nitrogen and oxygen atoms in total. The summed E-state index contributed by atoms with van der Waals surface area (Å²) in [6.07, 6.45) is 15.6. The zero-order valence-corrected chi connectivity index (χ0v) is 33.0. The van der Waals surface area contributed by atoms with E-state index in [2.05, 4.69) is 29.4 Å². The maximum atomic E-state index is 13.0. The first-order chi connectivity index (χ1) is 26.4. The van der Waals surface area contributed by atoms with Crippen LogP contribution in [0.15, 0.2) is 78.9 Å². The largest absolute Gasteiger partial charge is 0.467 e. The highest BCUT2D eigenvalue weighted by atomic mass is 16.7. The average molecular weight is 744 g/mol. The molecule has 296 valence electrons. The standard InChI is InChI=1S/C45H65N3O6/c1-4-6-8-10-12-17-29-48(30-18-13-11-9-7-5-2)33-40-32-42(37-23-21-36(34-49)22-24-37)54-44(53-40)38-25-27-39(28-26-38)46-45(51)47-41(43(50)52-3)31-35-19-15-14-16-20-35/h14-16,19-28,40-42,44,49H,4-13,17-18,29-34H2,1-3H3,(H2,46,47,51)/t40-,41-,42+,44+/m0/s1. The van der Waals surface area contributed by atoms with Crippen LogP contribution in [0.5, 0.6) is 0 Å². The van der Waals surface area contributed by atoms with Gasteiger partial charge in [0.2, 0.25) is 0 Å². The van der Waals surface area contributed by atoms with E-state index >= 15 is 0 Å². The number of carbonyl (C=O) groups is 2. The molecule has 0 unspecified atom stereocenters. The van der Waals surface area contributed by atoms with E-state index in [-0.39, 0.29) is 18.8 Å². The first-order valence-corrected chi connectivity index (χ1v) is 20.4. The Morgan fingerprint density at radius 2 is 1.35 bits per heavy atom. The number of hydrogen-bond acceptors (Lipinski definition) is 7. The summed E-state index contributed by atoms with van der Waals surface area (Å²) in [6, 6.07) is 23.7. The van der Waals surface area contributed by atoms with Crippen LogP contribution in [0.25, 0.3) is 0 Å². The Morgan fingerprint density at radius 1 is 0.759 bits per heavy atom. The average Bonchev–Trinajstić information content (AvgIpc) is 3.20. The molecule has 3 aromatic rings. The van der Waals surface area contributed by atoms with Gasteiger partial charge in [0.1, 0.15) is 6.04 Å². The number of esters is 1. The van der Waals surface area contributed by atoms with Gasteiger partial charge in [0, 0.05) is 30.6 Å². The molecule has 0 aliphatic carbocycles. The Hall–Kier alpha value is -3.76. The van der Waals surface area contributed by atoms with Crippen LogP contribution in [0.3, 0.4) is 0 Å². The number of unbranched alkanes of at least 4 members (excludes halogenated alkanes) is 10. The minimum atomic E-state index is -0.831. The number of urea groups is 1. The van der Waals surface area contributed by atoms with E-state index in [1.54, 1.807) is 0 Å². The van der Waals surface area contributed by atoms with Crippen molar-refractivity contribution in [3.8, 4) is 0 Å². The molecule has 0 spiro atoms. The number of carbonyl (C=O) groups excluding carboxylic acids is 2. The number of aliphatic hydroxyl groups is 1. The predicted molar refractivity (Wildman–Crippen MR) is 216 cm³/mol. The van der Waals surface area contributed by atoms with Crippen molar-refractivity contribution in [1.82, 2.24) is 10.2 Å². The maximum Gasteiger partial charge on any atom is 0.328 e.